The van der Waals surface area contributed by atoms with Gasteiger partial charge in [-0.3, -0.25) is 4.79 Å². The number of carbonyl (C=O) groups excluding carboxylic acids is 1. The third-order valence-electron chi connectivity index (χ3n) is 1.88. The van der Waals surface area contributed by atoms with Crippen molar-refractivity contribution in [3.8, 4) is 5.75 Å². The zero-order valence-electron chi connectivity index (χ0n) is 8.12. The minimum Gasteiger partial charge on any atom is -0.508 e. The zero-order valence-corrected chi connectivity index (χ0v) is 8.12. The number of benzene rings is 1. The van der Waals surface area contributed by atoms with Gasteiger partial charge < -0.3 is 10.0 Å². The number of hydrogen-bond donors (Lipinski definition) is 1. The Morgan fingerprint density at radius 2 is 2.14 bits per heavy atom. The van der Waals surface area contributed by atoms with Gasteiger partial charge in [-0.2, -0.15) is 0 Å². The number of likely N-dealkylation sites (N-methyl/N-ethyl adjacent to an activating group) is 1. The summed E-state index contributed by atoms with van der Waals surface area (Å²) in [5, 5.41) is 8.95. The molecule has 3 nitrogen and oxygen atoms in total. The van der Waals surface area contributed by atoms with E-state index in [-0.39, 0.29) is 18.1 Å². The minimum absolute atomic E-state index is 0.0130. The molecule has 76 valence electrons. The average molecular weight is 197 g/mol. The van der Waals surface area contributed by atoms with Gasteiger partial charge in [0.25, 0.3) is 0 Å². The van der Waals surface area contributed by atoms with Crippen LogP contribution in [0.1, 0.15) is 5.56 Å². The predicted molar refractivity (Wildman–Crippen MR) is 50.5 cm³/mol. The Morgan fingerprint density at radius 1 is 1.50 bits per heavy atom. The minimum atomic E-state index is -0.555. The van der Waals surface area contributed by atoms with Crippen LogP contribution in [0.5, 0.6) is 5.75 Å². The van der Waals surface area contributed by atoms with Crippen molar-refractivity contribution in [2.45, 2.75) is 6.42 Å². The lowest BCUT2D eigenvalue weighted by atomic mass is 10.1. The predicted octanol–water partition coefficient (Wildman–Crippen LogP) is 1.16. The average Bonchev–Trinajstić information content (AvgIpc) is 2.09. The maximum Gasteiger partial charge on any atom is 0.226 e. The Balaban J connectivity index is 2.82. The second-order valence-electron chi connectivity index (χ2n) is 3.24. The molecule has 0 spiro atoms. The maximum absolute atomic E-state index is 13.1. The summed E-state index contributed by atoms with van der Waals surface area (Å²) in [5.74, 6) is -0.863. The van der Waals surface area contributed by atoms with Gasteiger partial charge in [0.2, 0.25) is 5.91 Å². The first kappa shape index (κ1) is 10.5. The number of nitrogens with zero attached hydrogens (tertiary/aromatic N) is 1. The molecule has 0 aromatic heterocycles. The number of phenols is 1. The van der Waals surface area contributed by atoms with Gasteiger partial charge in [0.1, 0.15) is 11.6 Å². The Hall–Kier alpha value is -1.58. The molecule has 0 aliphatic rings. The van der Waals surface area contributed by atoms with E-state index in [1.165, 1.54) is 17.0 Å². The summed E-state index contributed by atoms with van der Waals surface area (Å²) >= 11 is 0. The molecule has 0 saturated carbocycles. The molecule has 14 heavy (non-hydrogen) atoms. The lowest BCUT2D eigenvalue weighted by Crippen LogP contribution is -2.23. The van der Waals surface area contributed by atoms with Crippen molar-refractivity contribution in [1.29, 1.82) is 0 Å². The van der Waals surface area contributed by atoms with Crippen LogP contribution < -0.4 is 0 Å². The van der Waals surface area contributed by atoms with Crippen molar-refractivity contribution in [1.82, 2.24) is 4.90 Å². The highest BCUT2D eigenvalue weighted by atomic mass is 19.1. The Bertz CT molecular complexity index is 350. The molecule has 0 atom stereocenters. The van der Waals surface area contributed by atoms with E-state index >= 15 is 0 Å². The van der Waals surface area contributed by atoms with Crippen LogP contribution in [0, 0.1) is 5.82 Å². The van der Waals surface area contributed by atoms with Crippen LogP contribution in [0.3, 0.4) is 0 Å². The fourth-order valence-corrected chi connectivity index (χ4v) is 1.00. The molecule has 1 aromatic carbocycles. The maximum atomic E-state index is 13.1. The molecule has 0 heterocycles. The number of carbonyl (C=O) groups is 1. The summed E-state index contributed by atoms with van der Waals surface area (Å²) in [7, 11) is 3.22. The molecule has 1 aromatic rings. The van der Waals surface area contributed by atoms with E-state index in [9.17, 15) is 9.18 Å². The Morgan fingerprint density at radius 3 is 2.64 bits per heavy atom. The van der Waals surface area contributed by atoms with E-state index in [1.807, 2.05) is 0 Å². The first-order valence-corrected chi connectivity index (χ1v) is 4.18. The molecule has 0 unspecified atom stereocenters. The monoisotopic (exact) mass is 197 g/mol. The molecule has 0 aliphatic heterocycles. The SMILES string of the molecule is CN(C)C(=O)Cc1ccc(O)cc1F. The first-order valence-electron chi connectivity index (χ1n) is 4.18. The smallest absolute Gasteiger partial charge is 0.226 e. The number of halogens is 1. The normalized spacial score (nSPS) is 9.93. The van der Waals surface area contributed by atoms with E-state index in [1.54, 1.807) is 14.1 Å². The van der Waals surface area contributed by atoms with Gasteiger partial charge in [-0.1, -0.05) is 6.07 Å². The number of rotatable bonds is 2. The van der Waals surface area contributed by atoms with E-state index < -0.39 is 5.82 Å². The summed E-state index contributed by atoms with van der Waals surface area (Å²) in [6.07, 6.45) is 0.0130. The van der Waals surface area contributed by atoms with Crippen LogP contribution in [-0.2, 0) is 11.2 Å². The molecular weight excluding hydrogens is 185 g/mol. The van der Waals surface area contributed by atoms with Gasteiger partial charge >= 0.3 is 0 Å². The summed E-state index contributed by atoms with van der Waals surface area (Å²) in [5.41, 5.74) is 0.293. The van der Waals surface area contributed by atoms with Gasteiger partial charge in [-0.25, -0.2) is 4.39 Å². The van der Waals surface area contributed by atoms with E-state index in [4.69, 9.17) is 5.11 Å². The molecule has 0 fully saturated rings. The first-order chi connectivity index (χ1) is 6.50. The van der Waals surface area contributed by atoms with Crippen LogP contribution >= 0.6 is 0 Å². The lowest BCUT2D eigenvalue weighted by molar-refractivity contribution is -0.128. The number of amides is 1. The van der Waals surface area contributed by atoms with Crippen molar-refractivity contribution < 1.29 is 14.3 Å². The summed E-state index contributed by atoms with van der Waals surface area (Å²) in [6, 6.07) is 3.77. The number of hydrogen-bond acceptors (Lipinski definition) is 2. The van der Waals surface area contributed by atoms with Crippen LogP contribution in [-0.4, -0.2) is 30.0 Å². The largest absolute Gasteiger partial charge is 0.508 e. The number of phenolic OH excluding ortho intramolecular Hbond substituents is 1. The third-order valence-corrected chi connectivity index (χ3v) is 1.88. The standard InChI is InChI=1S/C10H12FNO2/c1-12(2)10(14)5-7-3-4-8(13)6-9(7)11/h3-4,6,13H,5H2,1-2H3. The van der Waals surface area contributed by atoms with Gasteiger partial charge in [0.05, 0.1) is 6.42 Å². The van der Waals surface area contributed by atoms with Gasteiger partial charge in [-0.15, -0.1) is 0 Å². The fraction of sp³-hybridized carbons (Fsp3) is 0.300. The van der Waals surface area contributed by atoms with Crippen molar-refractivity contribution in [3.05, 3.63) is 29.6 Å². The van der Waals surface area contributed by atoms with Crippen molar-refractivity contribution in [2.75, 3.05) is 14.1 Å². The Kier molecular flexibility index (Phi) is 3.06. The van der Waals surface area contributed by atoms with E-state index in [0.717, 1.165) is 6.07 Å². The summed E-state index contributed by atoms with van der Waals surface area (Å²) < 4.78 is 13.1. The lowest BCUT2D eigenvalue weighted by Gasteiger charge is -2.10. The Labute approximate surface area is 81.8 Å². The van der Waals surface area contributed by atoms with Crippen LogP contribution in [0.2, 0.25) is 0 Å². The molecule has 0 bridgehead atoms. The van der Waals surface area contributed by atoms with Crippen molar-refractivity contribution in [3.63, 3.8) is 0 Å². The highest BCUT2D eigenvalue weighted by molar-refractivity contribution is 5.78. The molecule has 1 amide bonds. The fourth-order valence-electron chi connectivity index (χ4n) is 1.00. The molecule has 0 radical (unpaired) electrons. The van der Waals surface area contributed by atoms with Crippen LogP contribution in [0.25, 0.3) is 0 Å². The molecule has 1 rings (SSSR count). The molecule has 0 aliphatic carbocycles. The quantitative estimate of drug-likeness (QED) is 0.772. The van der Waals surface area contributed by atoms with Gasteiger partial charge in [-0.05, 0) is 11.6 Å². The van der Waals surface area contributed by atoms with Gasteiger partial charge in [0, 0.05) is 20.2 Å². The van der Waals surface area contributed by atoms with Crippen molar-refractivity contribution >= 4 is 5.91 Å². The zero-order chi connectivity index (χ0) is 10.7. The third kappa shape index (κ3) is 2.45. The topological polar surface area (TPSA) is 40.5 Å². The second-order valence-corrected chi connectivity index (χ2v) is 3.24. The van der Waals surface area contributed by atoms with Crippen LogP contribution in [0.4, 0.5) is 4.39 Å². The van der Waals surface area contributed by atoms with E-state index in [0.29, 0.717) is 5.56 Å². The van der Waals surface area contributed by atoms with Gasteiger partial charge in [0.15, 0.2) is 0 Å². The molecule has 0 saturated heterocycles. The van der Waals surface area contributed by atoms with Crippen LogP contribution in [0.15, 0.2) is 18.2 Å². The molecule has 1 N–H and O–H groups in total. The van der Waals surface area contributed by atoms with Crippen molar-refractivity contribution in [2.24, 2.45) is 0 Å². The highest BCUT2D eigenvalue weighted by Gasteiger charge is 2.09. The second kappa shape index (κ2) is 4.09. The molecule has 4 heteroatoms. The number of aromatic hydroxyl groups is 1. The van der Waals surface area contributed by atoms with E-state index in [2.05, 4.69) is 0 Å². The summed E-state index contributed by atoms with van der Waals surface area (Å²) in [6.45, 7) is 0. The molecular formula is C10H12FNO2. The summed E-state index contributed by atoms with van der Waals surface area (Å²) in [4.78, 5) is 12.6. The highest BCUT2D eigenvalue weighted by Crippen LogP contribution is 2.15.